The average Bonchev–Trinajstić information content (AvgIpc) is 3.50. The summed E-state index contributed by atoms with van der Waals surface area (Å²) >= 11 is 0. The molecule has 0 unspecified atom stereocenters. The van der Waals surface area contributed by atoms with E-state index in [1.807, 2.05) is 59.0 Å². The van der Waals surface area contributed by atoms with Crippen molar-refractivity contribution < 1.29 is 47.3 Å². The number of amides is 2. The molecule has 1 aliphatic rings. The minimum atomic E-state index is -4.48. The second-order valence-electron chi connectivity index (χ2n) is 12.2. The highest BCUT2D eigenvalue weighted by molar-refractivity contribution is 6.04. The standard InChI is InChI=1S/C35H29F3N6O3.C4H4O4/c1-42-30-12-11-29(47-32-13-10-28(21-40-32)41-33(45)25-6-8-27(9-7-25)35(36,37)38)18-26(30)19-31(42)34(46)44-16-14-43(15-17-44)22-24-4-2-23(20-39)3-5-24;5-3(6)1-2-4(7)8/h2-13,18-19,21H,14-17,22H2,1H3,(H,41,45);1-2H,(H,5,6)(H,7,8)/b;2-1-. The third kappa shape index (κ3) is 10.6. The Balaban J connectivity index is 0.000000654. The predicted octanol–water partition coefficient (Wildman–Crippen LogP) is 6.18. The van der Waals surface area contributed by atoms with E-state index in [0.717, 1.165) is 60.4 Å². The van der Waals surface area contributed by atoms with E-state index in [1.54, 1.807) is 18.2 Å². The highest BCUT2D eigenvalue weighted by Crippen LogP contribution is 2.30. The Labute approximate surface area is 312 Å². The number of anilines is 1. The Hall–Kier alpha value is -6.99. The van der Waals surface area contributed by atoms with Crippen LogP contribution in [-0.4, -0.2) is 79.5 Å². The van der Waals surface area contributed by atoms with Gasteiger partial charge in [-0.05, 0) is 72.3 Å². The molecule has 2 aromatic heterocycles. The molecule has 13 nitrogen and oxygen atoms in total. The van der Waals surface area contributed by atoms with Crippen LogP contribution in [0.1, 0.15) is 37.5 Å². The smallest absolute Gasteiger partial charge is 0.416 e. The number of benzene rings is 3. The maximum absolute atomic E-state index is 13.5. The van der Waals surface area contributed by atoms with Crippen molar-refractivity contribution in [3.8, 4) is 17.7 Å². The number of nitrogens with zero attached hydrogens (tertiary/aromatic N) is 5. The van der Waals surface area contributed by atoms with Gasteiger partial charge in [0, 0.05) is 74.5 Å². The van der Waals surface area contributed by atoms with Crippen LogP contribution >= 0.6 is 0 Å². The summed E-state index contributed by atoms with van der Waals surface area (Å²) in [7, 11) is 1.86. The number of hydrogen-bond donors (Lipinski definition) is 3. The van der Waals surface area contributed by atoms with E-state index in [4.69, 9.17) is 20.2 Å². The number of aliphatic carboxylic acids is 2. The van der Waals surface area contributed by atoms with Crippen molar-refractivity contribution in [3.63, 3.8) is 0 Å². The van der Waals surface area contributed by atoms with Gasteiger partial charge in [0.25, 0.3) is 11.8 Å². The van der Waals surface area contributed by atoms with E-state index in [-0.39, 0.29) is 17.4 Å². The van der Waals surface area contributed by atoms with Crippen molar-refractivity contribution in [3.05, 3.63) is 131 Å². The monoisotopic (exact) mass is 754 g/mol. The number of carboxylic acid groups (broad SMARTS) is 2. The summed E-state index contributed by atoms with van der Waals surface area (Å²) in [6, 6.07) is 24.1. The van der Waals surface area contributed by atoms with Gasteiger partial charge >= 0.3 is 18.1 Å². The van der Waals surface area contributed by atoms with E-state index in [9.17, 15) is 32.3 Å². The van der Waals surface area contributed by atoms with Crippen LogP contribution in [0.5, 0.6) is 11.6 Å². The lowest BCUT2D eigenvalue weighted by molar-refractivity contribution is -0.137. The molecular formula is C39H33F3N6O7. The highest BCUT2D eigenvalue weighted by Gasteiger charge is 2.30. The predicted molar refractivity (Wildman–Crippen MR) is 193 cm³/mol. The summed E-state index contributed by atoms with van der Waals surface area (Å²) in [6.45, 7) is 3.48. The number of hydrogen-bond acceptors (Lipinski definition) is 8. The number of piperazine rings is 1. The lowest BCUT2D eigenvalue weighted by Gasteiger charge is -2.34. The molecule has 0 aliphatic carbocycles. The van der Waals surface area contributed by atoms with Crippen LogP contribution in [0.25, 0.3) is 10.9 Å². The van der Waals surface area contributed by atoms with Gasteiger partial charge in [0.1, 0.15) is 11.4 Å². The fraction of sp³-hybridized carbons (Fsp3) is 0.179. The minimum Gasteiger partial charge on any atom is -0.478 e. The molecule has 16 heteroatoms. The minimum absolute atomic E-state index is 0.0419. The lowest BCUT2D eigenvalue weighted by Crippen LogP contribution is -2.48. The number of aryl methyl sites for hydroxylation is 1. The molecule has 0 bridgehead atoms. The number of carbonyl (C=O) groups excluding carboxylic acids is 2. The molecule has 3 N–H and O–H groups in total. The molecule has 0 atom stereocenters. The SMILES string of the molecule is Cn1c(C(=O)N2CCN(Cc3ccc(C#N)cc3)CC2)cc2cc(Oc3ccc(NC(=O)c4ccc(C(F)(F)F)cc4)cn3)ccc21.O=C(O)/C=C\C(=O)O. The van der Waals surface area contributed by atoms with Crippen molar-refractivity contribution in [1.82, 2.24) is 19.4 Å². The molecule has 3 heterocycles. The zero-order valence-electron chi connectivity index (χ0n) is 29.2. The molecule has 1 fully saturated rings. The van der Waals surface area contributed by atoms with Crippen molar-refractivity contribution in [1.29, 1.82) is 5.26 Å². The van der Waals surface area contributed by atoms with E-state index in [2.05, 4.69) is 21.3 Å². The fourth-order valence-corrected chi connectivity index (χ4v) is 5.60. The molecule has 55 heavy (non-hydrogen) atoms. The first kappa shape index (κ1) is 39.2. The van der Waals surface area contributed by atoms with Gasteiger partial charge in [0.05, 0.1) is 29.1 Å². The third-order valence-electron chi connectivity index (χ3n) is 8.44. The quantitative estimate of drug-likeness (QED) is 0.147. The largest absolute Gasteiger partial charge is 0.478 e. The number of ether oxygens (including phenoxy) is 1. The number of carboxylic acids is 2. The lowest BCUT2D eigenvalue weighted by atomic mass is 10.1. The molecule has 282 valence electrons. The maximum Gasteiger partial charge on any atom is 0.416 e. The van der Waals surface area contributed by atoms with Crippen LogP contribution in [0.3, 0.4) is 0 Å². The number of pyridine rings is 1. The number of nitriles is 1. The van der Waals surface area contributed by atoms with E-state index < -0.39 is 29.6 Å². The first-order chi connectivity index (χ1) is 26.2. The van der Waals surface area contributed by atoms with Crippen molar-refractivity contribution >= 4 is 40.3 Å². The molecule has 2 amide bonds. The number of carbonyl (C=O) groups is 4. The van der Waals surface area contributed by atoms with Crippen LogP contribution in [0.2, 0.25) is 0 Å². The van der Waals surface area contributed by atoms with Crippen molar-refractivity contribution in [2.24, 2.45) is 7.05 Å². The molecular weight excluding hydrogens is 721 g/mol. The molecule has 1 aliphatic heterocycles. The van der Waals surface area contributed by atoms with Crippen LogP contribution in [0.15, 0.2) is 103 Å². The van der Waals surface area contributed by atoms with Gasteiger partial charge in [-0.25, -0.2) is 14.6 Å². The first-order valence-corrected chi connectivity index (χ1v) is 16.6. The van der Waals surface area contributed by atoms with Crippen LogP contribution in [0.4, 0.5) is 18.9 Å². The second kappa shape index (κ2) is 17.2. The molecule has 5 aromatic rings. The molecule has 0 radical (unpaired) electrons. The number of fused-ring (bicyclic) bond motifs is 1. The van der Waals surface area contributed by atoms with Crippen molar-refractivity contribution in [2.45, 2.75) is 12.7 Å². The van der Waals surface area contributed by atoms with Gasteiger partial charge in [-0.15, -0.1) is 0 Å². The number of nitrogens with one attached hydrogen (secondary N) is 1. The summed E-state index contributed by atoms with van der Waals surface area (Å²) in [5.74, 6) is -2.35. The average molecular weight is 755 g/mol. The summed E-state index contributed by atoms with van der Waals surface area (Å²) in [5, 5.41) is 28.1. The van der Waals surface area contributed by atoms with Crippen LogP contribution in [-0.2, 0) is 29.4 Å². The summed E-state index contributed by atoms with van der Waals surface area (Å²) in [6.07, 6.45) is -1.98. The first-order valence-electron chi connectivity index (χ1n) is 16.6. The van der Waals surface area contributed by atoms with Crippen LogP contribution < -0.4 is 10.1 Å². The molecule has 6 rings (SSSR count). The Bertz CT molecular complexity index is 2240. The van der Waals surface area contributed by atoms with Crippen molar-refractivity contribution in [2.75, 3.05) is 31.5 Å². The number of halogens is 3. The second-order valence-corrected chi connectivity index (χ2v) is 12.2. The maximum atomic E-state index is 13.5. The molecule has 1 saturated heterocycles. The number of rotatable bonds is 9. The zero-order chi connectivity index (χ0) is 39.7. The van der Waals surface area contributed by atoms with E-state index >= 15 is 0 Å². The molecule has 0 saturated carbocycles. The fourth-order valence-electron chi connectivity index (χ4n) is 5.60. The number of aromatic nitrogens is 2. The Morgan fingerprint density at radius 1 is 0.891 bits per heavy atom. The third-order valence-corrected chi connectivity index (χ3v) is 8.44. The van der Waals surface area contributed by atoms with Gasteiger partial charge in [-0.1, -0.05) is 12.1 Å². The van der Waals surface area contributed by atoms with Gasteiger partial charge in [-0.3, -0.25) is 14.5 Å². The Morgan fingerprint density at radius 2 is 1.55 bits per heavy atom. The van der Waals surface area contributed by atoms with Gasteiger partial charge in [0.2, 0.25) is 5.88 Å². The van der Waals surface area contributed by atoms with Gasteiger partial charge < -0.3 is 29.7 Å². The van der Waals surface area contributed by atoms with Gasteiger partial charge in [0.15, 0.2) is 0 Å². The highest BCUT2D eigenvalue weighted by atomic mass is 19.4. The normalized spacial score (nSPS) is 13.1. The molecule has 0 spiro atoms. The topological polar surface area (TPSA) is 178 Å². The summed E-state index contributed by atoms with van der Waals surface area (Å²) < 4.78 is 46.2. The summed E-state index contributed by atoms with van der Waals surface area (Å²) in [5.41, 5.74) is 2.80. The van der Waals surface area contributed by atoms with E-state index in [1.165, 1.54) is 6.20 Å². The molecule has 3 aromatic carbocycles. The number of alkyl halides is 3. The van der Waals surface area contributed by atoms with E-state index in [0.29, 0.717) is 47.9 Å². The Morgan fingerprint density at radius 3 is 2.11 bits per heavy atom. The summed E-state index contributed by atoms with van der Waals surface area (Å²) in [4.78, 5) is 53.5. The Kier molecular flexibility index (Phi) is 12.3. The van der Waals surface area contributed by atoms with Crippen LogP contribution in [0, 0.1) is 11.3 Å². The van der Waals surface area contributed by atoms with Gasteiger partial charge in [-0.2, -0.15) is 18.4 Å². The zero-order valence-corrected chi connectivity index (χ0v) is 29.2.